The molecule has 3 saturated carbocycles. The average Bonchev–Trinajstić information content (AvgIpc) is 3.65. The number of amides is 2. The molecule has 2 aliphatic heterocycles. The summed E-state index contributed by atoms with van der Waals surface area (Å²) in [4.78, 5) is 42.0. The lowest BCUT2D eigenvalue weighted by Crippen LogP contribution is -2.59. The lowest BCUT2D eigenvalue weighted by Gasteiger charge is -2.60. The SMILES string of the molecule is C=C1[C@@H](NC(=O)[C@@H]2[C@H](C(C)O)[C@H](CO)ON2Cc2cccc(-c3cc(C(=O)N4CCN(Cc5ccccc5)CC4c4ccccc4)cc(N(C)C)c3)c2OC)C[C@H]2C[C@@H]1C2(C)C. The summed E-state index contributed by atoms with van der Waals surface area (Å²) >= 11 is 0. The molecule has 62 heavy (non-hydrogen) atoms. The Morgan fingerprint density at radius 1 is 0.968 bits per heavy atom. The van der Waals surface area contributed by atoms with Crippen molar-refractivity contribution in [2.45, 2.75) is 77.0 Å². The summed E-state index contributed by atoms with van der Waals surface area (Å²) in [5, 5.41) is 26.4. The van der Waals surface area contributed by atoms with Gasteiger partial charge in [0.25, 0.3) is 5.91 Å². The average molecular weight is 842 g/mol. The number of hydroxylamine groups is 2. The van der Waals surface area contributed by atoms with Crippen LogP contribution in [0.3, 0.4) is 0 Å². The molecule has 2 bridgehead atoms. The maximum atomic E-state index is 14.9. The van der Waals surface area contributed by atoms with Crippen molar-refractivity contribution in [2.75, 3.05) is 52.3 Å². The second-order valence-electron chi connectivity index (χ2n) is 18.6. The van der Waals surface area contributed by atoms with Gasteiger partial charge in [-0.1, -0.05) is 105 Å². The number of nitrogens with one attached hydrogen (secondary N) is 1. The van der Waals surface area contributed by atoms with E-state index in [0.717, 1.165) is 59.4 Å². The molecule has 2 saturated heterocycles. The summed E-state index contributed by atoms with van der Waals surface area (Å²) in [6, 6.07) is 31.4. The number of rotatable bonds is 13. The summed E-state index contributed by atoms with van der Waals surface area (Å²) in [6.07, 6.45) is 0.213. The molecular weight excluding hydrogens is 779 g/mol. The number of piperazine rings is 1. The topological polar surface area (TPSA) is 118 Å². The number of carbonyl (C=O) groups excluding carboxylic acids is 2. The second-order valence-corrected chi connectivity index (χ2v) is 18.6. The van der Waals surface area contributed by atoms with Crippen LogP contribution in [-0.4, -0.2) is 109 Å². The fourth-order valence-electron chi connectivity index (χ4n) is 10.7. The summed E-state index contributed by atoms with van der Waals surface area (Å²) in [5.41, 5.74) is 7.35. The number of aliphatic hydroxyl groups is 2. The quantitative estimate of drug-likeness (QED) is 0.126. The van der Waals surface area contributed by atoms with Gasteiger partial charge in [-0.2, -0.15) is 5.06 Å². The van der Waals surface area contributed by atoms with Crippen LogP contribution < -0.4 is 15.0 Å². The second kappa shape index (κ2) is 18.0. The van der Waals surface area contributed by atoms with Gasteiger partial charge in [-0.05, 0) is 71.9 Å². The molecule has 3 N–H and O–H groups in total. The van der Waals surface area contributed by atoms with E-state index in [9.17, 15) is 19.8 Å². The first kappa shape index (κ1) is 43.6. The zero-order valence-corrected chi connectivity index (χ0v) is 37.0. The summed E-state index contributed by atoms with van der Waals surface area (Å²) in [5.74, 6) is 0.454. The first-order valence-electron chi connectivity index (χ1n) is 22.1. The van der Waals surface area contributed by atoms with Gasteiger partial charge in [-0.15, -0.1) is 0 Å². The Hall–Kier alpha value is -5.04. The highest BCUT2D eigenvalue weighted by molar-refractivity contribution is 5.97. The number of benzene rings is 4. The largest absolute Gasteiger partial charge is 0.496 e. The molecule has 2 heterocycles. The van der Waals surface area contributed by atoms with Crippen LogP contribution in [0.1, 0.15) is 66.7 Å². The molecule has 328 valence electrons. The van der Waals surface area contributed by atoms with E-state index in [1.165, 1.54) is 5.56 Å². The number of ether oxygens (including phenoxy) is 1. The highest BCUT2D eigenvalue weighted by Crippen LogP contribution is 2.60. The Bertz CT molecular complexity index is 2250. The zero-order chi connectivity index (χ0) is 43.9. The molecule has 8 atom stereocenters. The van der Waals surface area contributed by atoms with Gasteiger partial charge in [0.1, 0.15) is 17.9 Å². The summed E-state index contributed by atoms with van der Waals surface area (Å²) < 4.78 is 6.18. The van der Waals surface area contributed by atoms with Crippen molar-refractivity contribution >= 4 is 17.5 Å². The summed E-state index contributed by atoms with van der Waals surface area (Å²) in [6.45, 7) is 13.3. The van der Waals surface area contributed by atoms with Crippen molar-refractivity contribution in [3.8, 4) is 16.9 Å². The third-order valence-corrected chi connectivity index (χ3v) is 14.4. The number of aliphatic hydroxyl groups excluding tert-OH is 2. The number of para-hydroxylation sites is 1. The number of fused-ring (bicyclic) bond motifs is 2. The molecule has 0 spiro atoms. The number of methoxy groups -OCH3 is 1. The Kier molecular flexibility index (Phi) is 12.6. The maximum absolute atomic E-state index is 14.9. The van der Waals surface area contributed by atoms with Crippen molar-refractivity contribution in [1.29, 1.82) is 0 Å². The van der Waals surface area contributed by atoms with E-state index < -0.39 is 24.2 Å². The van der Waals surface area contributed by atoms with Crippen molar-refractivity contribution in [3.63, 3.8) is 0 Å². The molecule has 2 unspecified atom stereocenters. The predicted molar refractivity (Wildman–Crippen MR) is 242 cm³/mol. The minimum atomic E-state index is -0.930. The molecule has 0 aromatic heterocycles. The van der Waals surface area contributed by atoms with Crippen molar-refractivity contribution in [3.05, 3.63) is 131 Å². The number of hydrogen-bond acceptors (Lipinski definition) is 9. The van der Waals surface area contributed by atoms with E-state index in [-0.39, 0.29) is 42.5 Å². The fraction of sp³-hybridized carbons (Fsp3) is 0.451. The Morgan fingerprint density at radius 2 is 1.69 bits per heavy atom. The fourth-order valence-corrected chi connectivity index (χ4v) is 10.7. The molecule has 5 fully saturated rings. The zero-order valence-electron chi connectivity index (χ0n) is 37.0. The third kappa shape index (κ3) is 8.41. The van der Waals surface area contributed by atoms with Gasteiger partial charge in [-0.25, -0.2) is 0 Å². The van der Waals surface area contributed by atoms with Crippen molar-refractivity contribution in [2.24, 2.45) is 23.2 Å². The van der Waals surface area contributed by atoms with Gasteiger partial charge in [-0.3, -0.25) is 19.3 Å². The van der Waals surface area contributed by atoms with E-state index >= 15 is 0 Å². The maximum Gasteiger partial charge on any atom is 0.254 e. The van der Waals surface area contributed by atoms with Crippen LogP contribution in [0.15, 0.2) is 109 Å². The van der Waals surface area contributed by atoms with Crippen LogP contribution in [0.25, 0.3) is 11.1 Å². The normalized spacial score (nSPS) is 26.4. The molecule has 9 rings (SSSR count). The van der Waals surface area contributed by atoms with Crippen LogP contribution >= 0.6 is 0 Å². The first-order chi connectivity index (χ1) is 29.8. The molecule has 2 amide bonds. The van der Waals surface area contributed by atoms with Crippen LogP contribution in [0.2, 0.25) is 0 Å². The predicted octanol–water partition coefficient (Wildman–Crippen LogP) is 6.71. The van der Waals surface area contributed by atoms with Crippen molar-refractivity contribution < 1.29 is 29.4 Å². The molecule has 3 aliphatic carbocycles. The Labute approximate surface area is 366 Å². The molecule has 11 nitrogen and oxygen atoms in total. The van der Waals surface area contributed by atoms with Gasteiger partial charge in [0.2, 0.25) is 5.91 Å². The minimum absolute atomic E-state index is 0.0432. The van der Waals surface area contributed by atoms with Gasteiger partial charge in [0, 0.05) is 68.6 Å². The number of carbonyl (C=O) groups is 2. The van der Waals surface area contributed by atoms with Crippen LogP contribution in [0.5, 0.6) is 5.75 Å². The van der Waals surface area contributed by atoms with Crippen LogP contribution in [0, 0.1) is 23.2 Å². The van der Waals surface area contributed by atoms with E-state index in [0.29, 0.717) is 36.2 Å². The van der Waals surface area contributed by atoms with Crippen LogP contribution in [0.4, 0.5) is 5.69 Å². The molecule has 4 aromatic rings. The van der Waals surface area contributed by atoms with Gasteiger partial charge >= 0.3 is 0 Å². The van der Waals surface area contributed by atoms with E-state index in [1.54, 1.807) is 19.1 Å². The van der Waals surface area contributed by atoms with E-state index in [2.05, 4.69) is 73.1 Å². The Balaban J connectivity index is 1.08. The molecular formula is C51H63N5O6. The van der Waals surface area contributed by atoms with Gasteiger partial charge in [0.05, 0.1) is 38.4 Å². The molecule has 0 radical (unpaired) electrons. The van der Waals surface area contributed by atoms with Crippen LogP contribution in [-0.2, 0) is 22.7 Å². The number of nitrogens with zero attached hydrogens (tertiary/aromatic N) is 4. The van der Waals surface area contributed by atoms with Gasteiger partial charge < -0.3 is 30.1 Å². The number of hydrogen-bond donors (Lipinski definition) is 3. The molecule has 4 aromatic carbocycles. The van der Waals surface area contributed by atoms with E-state index in [1.807, 2.05) is 78.5 Å². The number of anilines is 1. The lowest BCUT2D eigenvalue weighted by atomic mass is 9.46. The third-order valence-electron chi connectivity index (χ3n) is 14.4. The smallest absolute Gasteiger partial charge is 0.254 e. The van der Waals surface area contributed by atoms with Gasteiger partial charge in [0.15, 0.2) is 0 Å². The first-order valence-corrected chi connectivity index (χ1v) is 22.1. The monoisotopic (exact) mass is 841 g/mol. The highest BCUT2D eigenvalue weighted by Gasteiger charge is 2.56. The summed E-state index contributed by atoms with van der Waals surface area (Å²) in [7, 11) is 5.55. The molecule has 11 heteroatoms. The van der Waals surface area contributed by atoms with E-state index in [4.69, 9.17) is 9.57 Å². The highest BCUT2D eigenvalue weighted by atomic mass is 16.7. The Morgan fingerprint density at radius 3 is 2.34 bits per heavy atom. The standard InChI is InChI=1S/C51H63N5O6/c1-32-42-26-39(51(42,3)4)27-43(32)52-49(59)47-46(33(2)58)45(31-57)62-56(47)29-36-19-14-20-41(48(36)61-7)37-23-38(25-40(24-37)53(5)6)50(60)55-22-21-54(28-34-15-10-8-11-16-34)30-44(55)35-17-12-9-13-18-35/h8-20,23-25,33,39,42-47,57-58H,1,21-22,26-31H2,2-7H3,(H,52,59)/t33?,39-,42+,43+,44?,45+,46-,47+/m1/s1. The lowest BCUT2D eigenvalue weighted by molar-refractivity contribution is -0.182. The molecule has 5 aliphatic rings. The minimum Gasteiger partial charge on any atom is -0.496 e. The van der Waals surface area contributed by atoms with Crippen molar-refractivity contribution in [1.82, 2.24) is 20.2 Å².